The van der Waals surface area contributed by atoms with Crippen LogP contribution in [0.5, 0.6) is 0 Å². The maximum absolute atomic E-state index is 9.96. The van der Waals surface area contributed by atoms with Crippen LogP contribution in [0.25, 0.3) is 10.1 Å². The smallest absolute Gasteiger partial charge is 0.0592 e. The Morgan fingerprint density at radius 3 is 3.05 bits per heavy atom. The van der Waals surface area contributed by atoms with E-state index in [0.717, 1.165) is 32.5 Å². The number of likely N-dealkylation sites (tertiary alicyclic amines) is 1. The van der Waals surface area contributed by atoms with Crippen LogP contribution >= 0.6 is 11.3 Å². The number of aliphatic hydroxyl groups excluding tert-OH is 1. The van der Waals surface area contributed by atoms with Crippen molar-refractivity contribution in [1.82, 2.24) is 4.90 Å². The molecule has 1 saturated heterocycles. The number of thiophene rings is 1. The molecule has 0 amide bonds. The third-order valence-electron chi connectivity index (χ3n) is 4.26. The molecule has 2 aromatic rings. The van der Waals surface area contributed by atoms with Crippen LogP contribution in [0, 0.1) is 5.92 Å². The SMILES string of the molecule is CCC1CN(Cc2csc3ccccc23)CCC1O. The first-order valence-electron chi connectivity index (χ1n) is 7.13. The summed E-state index contributed by atoms with van der Waals surface area (Å²) >= 11 is 1.83. The summed E-state index contributed by atoms with van der Waals surface area (Å²) in [5.74, 6) is 0.443. The quantitative estimate of drug-likeness (QED) is 0.927. The molecule has 2 nitrogen and oxygen atoms in total. The standard InChI is InChI=1S/C16H21NOS/c1-2-12-9-17(8-7-15(12)18)10-13-11-19-16-6-4-3-5-14(13)16/h3-6,11-12,15,18H,2,7-10H2,1H3. The molecule has 2 atom stereocenters. The molecule has 1 N–H and O–H groups in total. The number of hydrogen-bond acceptors (Lipinski definition) is 3. The van der Waals surface area contributed by atoms with Crippen LogP contribution in [0.1, 0.15) is 25.3 Å². The van der Waals surface area contributed by atoms with E-state index in [4.69, 9.17) is 0 Å². The van der Waals surface area contributed by atoms with Crippen LogP contribution in [-0.4, -0.2) is 29.2 Å². The Balaban J connectivity index is 1.74. The molecule has 1 fully saturated rings. The van der Waals surface area contributed by atoms with Gasteiger partial charge in [0, 0.05) is 24.3 Å². The lowest BCUT2D eigenvalue weighted by Crippen LogP contribution is -2.42. The van der Waals surface area contributed by atoms with E-state index in [9.17, 15) is 5.11 Å². The molecule has 19 heavy (non-hydrogen) atoms. The van der Waals surface area contributed by atoms with Gasteiger partial charge in [0.05, 0.1) is 6.10 Å². The fourth-order valence-electron chi connectivity index (χ4n) is 3.04. The van der Waals surface area contributed by atoms with Crippen LogP contribution in [0.15, 0.2) is 29.6 Å². The lowest BCUT2D eigenvalue weighted by atomic mass is 9.92. The number of aliphatic hydroxyl groups is 1. The van der Waals surface area contributed by atoms with Crippen molar-refractivity contribution in [3.63, 3.8) is 0 Å². The largest absolute Gasteiger partial charge is 0.393 e. The number of hydrogen-bond donors (Lipinski definition) is 1. The highest BCUT2D eigenvalue weighted by molar-refractivity contribution is 7.17. The minimum atomic E-state index is -0.0968. The van der Waals surface area contributed by atoms with Crippen LogP contribution in [0.4, 0.5) is 0 Å². The van der Waals surface area contributed by atoms with Gasteiger partial charge in [0.25, 0.3) is 0 Å². The van der Waals surface area contributed by atoms with Gasteiger partial charge in [-0.3, -0.25) is 4.90 Å². The molecule has 0 saturated carbocycles. The molecular weight excluding hydrogens is 254 g/mol. The molecule has 0 radical (unpaired) electrons. The van der Waals surface area contributed by atoms with E-state index in [2.05, 4.69) is 41.5 Å². The Morgan fingerprint density at radius 2 is 2.21 bits per heavy atom. The number of benzene rings is 1. The van der Waals surface area contributed by atoms with Crippen molar-refractivity contribution in [2.45, 2.75) is 32.4 Å². The van der Waals surface area contributed by atoms with E-state index in [1.54, 1.807) is 0 Å². The predicted molar refractivity (Wildman–Crippen MR) is 81.5 cm³/mol. The topological polar surface area (TPSA) is 23.5 Å². The number of rotatable bonds is 3. The summed E-state index contributed by atoms with van der Waals surface area (Å²) < 4.78 is 1.38. The van der Waals surface area contributed by atoms with Gasteiger partial charge in [-0.05, 0) is 41.2 Å². The van der Waals surface area contributed by atoms with E-state index in [1.807, 2.05) is 11.3 Å². The van der Waals surface area contributed by atoms with Gasteiger partial charge in [0.1, 0.15) is 0 Å². The average Bonchev–Trinajstić information content (AvgIpc) is 2.84. The highest BCUT2D eigenvalue weighted by Crippen LogP contribution is 2.28. The Labute approximate surface area is 118 Å². The molecule has 0 bridgehead atoms. The Hall–Kier alpha value is -0.900. The molecule has 0 spiro atoms. The third kappa shape index (κ3) is 2.69. The fourth-order valence-corrected chi connectivity index (χ4v) is 3.99. The zero-order valence-corrected chi connectivity index (χ0v) is 12.2. The van der Waals surface area contributed by atoms with Gasteiger partial charge in [-0.1, -0.05) is 25.1 Å². The Kier molecular flexibility index (Phi) is 3.87. The van der Waals surface area contributed by atoms with Crippen molar-refractivity contribution in [1.29, 1.82) is 0 Å². The normalized spacial score (nSPS) is 24.9. The van der Waals surface area contributed by atoms with Crippen molar-refractivity contribution in [3.8, 4) is 0 Å². The predicted octanol–water partition coefficient (Wildman–Crippen LogP) is 3.49. The minimum absolute atomic E-state index is 0.0968. The third-order valence-corrected chi connectivity index (χ3v) is 5.27. The molecule has 1 aromatic heterocycles. The Bertz CT molecular complexity index is 550. The second kappa shape index (κ2) is 5.61. The monoisotopic (exact) mass is 275 g/mol. The first-order valence-corrected chi connectivity index (χ1v) is 8.01. The summed E-state index contributed by atoms with van der Waals surface area (Å²) in [6, 6.07) is 8.63. The summed E-state index contributed by atoms with van der Waals surface area (Å²) in [5.41, 5.74) is 1.44. The van der Waals surface area contributed by atoms with Crippen LogP contribution in [-0.2, 0) is 6.54 Å². The maximum atomic E-state index is 9.96. The van der Waals surface area contributed by atoms with E-state index >= 15 is 0 Å². The summed E-state index contributed by atoms with van der Waals surface area (Å²) in [6.45, 7) is 5.24. The summed E-state index contributed by atoms with van der Waals surface area (Å²) in [5, 5.41) is 13.6. The summed E-state index contributed by atoms with van der Waals surface area (Å²) in [4.78, 5) is 2.50. The van der Waals surface area contributed by atoms with E-state index in [1.165, 1.54) is 15.6 Å². The molecule has 2 unspecified atom stereocenters. The maximum Gasteiger partial charge on any atom is 0.0592 e. The lowest BCUT2D eigenvalue weighted by molar-refractivity contribution is 0.0224. The summed E-state index contributed by atoms with van der Waals surface area (Å²) in [7, 11) is 0. The fraction of sp³-hybridized carbons (Fsp3) is 0.500. The van der Waals surface area contributed by atoms with E-state index < -0.39 is 0 Å². The van der Waals surface area contributed by atoms with Crippen molar-refractivity contribution >= 4 is 21.4 Å². The van der Waals surface area contributed by atoms with E-state index in [0.29, 0.717) is 5.92 Å². The van der Waals surface area contributed by atoms with Crippen LogP contribution < -0.4 is 0 Å². The molecular formula is C16H21NOS. The van der Waals surface area contributed by atoms with Crippen LogP contribution in [0.3, 0.4) is 0 Å². The Morgan fingerprint density at radius 1 is 1.37 bits per heavy atom. The number of piperidine rings is 1. The molecule has 1 aliphatic rings. The van der Waals surface area contributed by atoms with Gasteiger partial charge >= 0.3 is 0 Å². The molecule has 1 aromatic carbocycles. The highest BCUT2D eigenvalue weighted by Gasteiger charge is 2.26. The highest BCUT2D eigenvalue weighted by atomic mass is 32.1. The van der Waals surface area contributed by atoms with Gasteiger partial charge in [0.2, 0.25) is 0 Å². The average molecular weight is 275 g/mol. The second-order valence-electron chi connectivity index (χ2n) is 5.52. The molecule has 1 aliphatic heterocycles. The molecule has 2 heterocycles. The molecule has 102 valence electrons. The zero-order chi connectivity index (χ0) is 13.2. The summed E-state index contributed by atoms with van der Waals surface area (Å²) in [6.07, 6.45) is 1.89. The van der Waals surface area contributed by atoms with Gasteiger partial charge in [-0.15, -0.1) is 11.3 Å². The number of nitrogens with zero attached hydrogens (tertiary/aromatic N) is 1. The van der Waals surface area contributed by atoms with Gasteiger partial charge in [-0.2, -0.15) is 0 Å². The van der Waals surface area contributed by atoms with Crippen LogP contribution in [0.2, 0.25) is 0 Å². The van der Waals surface area contributed by atoms with E-state index in [-0.39, 0.29) is 6.10 Å². The van der Waals surface area contributed by atoms with Crippen molar-refractivity contribution < 1.29 is 5.11 Å². The zero-order valence-electron chi connectivity index (χ0n) is 11.4. The first-order chi connectivity index (χ1) is 9.28. The minimum Gasteiger partial charge on any atom is -0.393 e. The molecule has 3 heteroatoms. The lowest BCUT2D eigenvalue weighted by Gasteiger charge is -2.35. The first kappa shape index (κ1) is 13.1. The van der Waals surface area contributed by atoms with Crippen molar-refractivity contribution in [2.75, 3.05) is 13.1 Å². The van der Waals surface area contributed by atoms with Crippen molar-refractivity contribution in [3.05, 3.63) is 35.2 Å². The van der Waals surface area contributed by atoms with Crippen molar-refractivity contribution in [2.24, 2.45) is 5.92 Å². The molecule has 0 aliphatic carbocycles. The van der Waals surface area contributed by atoms with Gasteiger partial charge in [-0.25, -0.2) is 0 Å². The second-order valence-corrected chi connectivity index (χ2v) is 6.43. The molecule has 3 rings (SSSR count). The van der Waals surface area contributed by atoms with Gasteiger partial charge in [0.15, 0.2) is 0 Å². The number of fused-ring (bicyclic) bond motifs is 1. The van der Waals surface area contributed by atoms with Gasteiger partial charge < -0.3 is 5.11 Å².